The van der Waals surface area contributed by atoms with Gasteiger partial charge in [-0.15, -0.1) is 0 Å². The maximum Gasteiger partial charge on any atom is 0.139 e. The Balaban J connectivity index is 3.33. The van der Waals surface area contributed by atoms with Crippen LogP contribution in [0.2, 0.25) is 0 Å². The van der Waals surface area contributed by atoms with Gasteiger partial charge in [0.2, 0.25) is 0 Å². The van der Waals surface area contributed by atoms with Crippen LogP contribution in [-0.4, -0.2) is 48.7 Å². The average Bonchev–Trinajstić information content (AvgIpc) is 2.31. The van der Waals surface area contributed by atoms with Crippen LogP contribution in [0, 0.1) is 0 Å². The summed E-state index contributed by atoms with van der Waals surface area (Å²) in [7, 11) is 2.15. The zero-order valence-electron chi connectivity index (χ0n) is 10.7. The van der Waals surface area contributed by atoms with E-state index in [0.29, 0.717) is 18.3 Å². The number of oxime groups is 1. The summed E-state index contributed by atoms with van der Waals surface area (Å²) in [5.74, 6) is 0.304. The molecule has 0 radical (unpaired) electrons. The minimum atomic E-state index is 0.304. The number of nitrogens with one attached hydrogen (secondary N) is 1. The molecule has 0 aliphatic rings. The molecule has 0 rings (SSSR count). The van der Waals surface area contributed by atoms with Gasteiger partial charge in [0.1, 0.15) is 5.84 Å². The summed E-state index contributed by atoms with van der Waals surface area (Å²) < 4.78 is 0. The number of nitrogens with zero attached hydrogens (tertiary/aromatic N) is 2. The van der Waals surface area contributed by atoms with Gasteiger partial charge in [-0.2, -0.15) is 0 Å². The van der Waals surface area contributed by atoms with Crippen molar-refractivity contribution in [2.24, 2.45) is 10.9 Å². The smallest absolute Gasteiger partial charge is 0.139 e. The highest BCUT2D eigenvalue weighted by atomic mass is 16.4. The maximum atomic E-state index is 8.33. The molecule has 5 nitrogen and oxygen atoms in total. The van der Waals surface area contributed by atoms with E-state index in [1.807, 2.05) is 0 Å². The van der Waals surface area contributed by atoms with Gasteiger partial charge in [0.15, 0.2) is 0 Å². The third-order valence-corrected chi connectivity index (χ3v) is 2.90. The van der Waals surface area contributed by atoms with Crippen molar-refractivity contribution in [2.45, 2.75) is 39.2 Å². The molecule has 0 fully saturated rings. The highest BCUT2D eigenvalue weighted by Crippen LogP contribution is 1.98. The molecule has 0 bridgehead atoms. The van der Waals surface area contributed by atoms with Crippen molar-refractivity contribution in [3.63, 3.8) is 0 Å². The molecule has 0 heterocycles. The van der Waals surface area contributed by atoms with Crippen LogP contribution in [0.15, 0.2) is 5.16 Å². The third-order valence-electron chi connectivity index (χ3n) is 2.90. The zero-order chi connectivity index (χ0) is 12.4. The molecular weight excluding hydrogens is 204 g/mol. The summed E-state index contributed by atoms with van der Waals surface area (Å²) in [6.45, 7) is 7.38. The summed E-state index contributed by atoms with van der Waals surface area (Å²) in [5, 5.41) is 14.6. The lowest BCUT2D eigenvalue weighted by molar-refractivity contribution is 0.252. The van der Waals surface area contributed by atoms with Crippen molar-refractivity contribution in [3.05, 3.63) is 0 Å². The molecule has 96 valence electrons. The number of rotatable bonds is 9. The molecule has 0 aliphatic heterocycles. The third kappa shape index (κ3) is 7.48. The van der Waals surface area contributed by atoms with Crippen molar-refractivity contribution in [3.8, 4) is 0 Å². The second kappa shape index (κ2) is 9.42. The van der Waals surface area contributed by atoms with E-state index in [1.54, 1.807) is 0 Å². The van der Waals surface area contributed by atoms with E-state index >= 15 is 0 Å². The van der Waals surface area contributed by atoms with E-state index in [1.165, 1.54) is 6.42 Å². The minimum Gasteiger partial charge on any atom is -0.409 e. The Hall–Kier alpha value is -0.810. The minimum absolute atomic E-state index is 0.304. The Morgan fingerprint density at radius 2 is 2.19 bits per heavy atom. The topological polar surface area (TPSA) is 73.9 Å². The van der Waals surface area contributed by atoms with Crippen LogP contribution in [0.25, 0.3) is 0 Å². The largest absolute Gasteiger partial charge is 0.409 e. The van der Waals surface area contributed by atoms with Crippen LogP contribution >= 0.6 is 0 Å². The molecule has 0 saturated heterocycles. The van der Waals surface area contributed by atoms with Gasteiger partial charge in [0.05, 0.1) is 0 Å². The lowest BCUT2D eigenvalue weighted by Crippen LogP contribution is -2.35. The van der Waals surface area contributed by atoms with Crippen molar-refractivity contribution in [1.29, 1.82) is 0 Å². The van der Waals surface area contributed by atoms with Gasteiger partial charge in [-0.05, 0) is 33.4 Å². The number of amidine groups is 1. The van der Waals surface area contributed by atoms with Crippen molar-refractivity contribution < 1.29 is 5.21 Å². The van der Waals surface area contributed by atoms with Gasteiger partial charge in [-0.3, -0.25) is 0 Å². The number of hydrogen-bond acceptors (Lipinski definition) is 4. The molecule has 4 N–H and O–H groups in total. The van der Waals surface area contributed by atoms with Gasteiger partial charge < -0.3 is 21.2 Å². The van der Waals surface area contributed by atoms with Gasteiger partial charge in [0, 0.05) is 25.6 Å². The van der Waals surface area contributed by atoms with Crippen LogP contribution in [0.4, 0.5) is 0 Å². The Labute approximate surface area is 98.7 Å². The van der Waals surface area contributed by atoms with Crippen molar-refractivity contribution in [1.82, 2.24) is 10.2 Å². The molecule has 1 unspecified atom stereocenters. The molecule has 0 saturated carbocycles. The van der Waals surface area contributed by atoms with E-state index < -0.39 is 0 Å². The fraction of sp³-hybridized carbons (Fsp3) is 0.909. The molecule has 0 aromatic carbocycles. The first-order valence-electron chi connectivity index (χ1n) is 5.99. The molecule has 16 heavy (non-hydrogen) atoms. The fourth-order valence-corrected chi connectivity index (χ4v) is 1.36. The number of hydrogen-bond donors (Lipinski definition) is 3. The molecule has 0 aromatic rings. The lowest BCUT2D eigenvalue weighted by Gasteiger charge is -2.23. The predicted molar refractivity (Wildman–Crippen MR) is 67.9 cm³/mol. The lowest BCUT2D eigenvalue weighted by atomic mass is 10.2. The molecule has 5 heteroatoms. The Morgan fingerprint density at radius 3 is 2.75 bits per heavy atom. The first-order chi connectivity index (χ1) is 7.61. The summed E-state index contributed by atoms with van der Waals surface area (Å²) in [4.78, 5) is 2.34. The van der Waals surface area contributed by atoms with Gasteiger partial charge >= 0.3 is 0 Å². The van der Waals surface area contributed by atoms with Gasteiger partial charge in [-0.1, -0.05) is 12.1 Å². The van der Waals surface area contributed by atoms with Crippen molar-refractivity contribution in [2.75, 3.05) is 26.7 Å². The zero-order valence-corrected chi connectivity index (χ0v) is 10.7. The predicted octanol–water partition coefficient (Wildman–Crippen LogP) is 0.833. The monoisotopic (exact) mass is 230 g/mol. The number of likely N-dealkylation sites (N-methyl/N-ethyl adjacent to an activating group) is 1. The van der Waals surface area contributed by atoms with Crippen LogP contribution in [0.5, 0.6) is 0 Å². The standard InChI is InChI=1S/C11H26N4O/c1-4-10(2)15(3)9-8-13-7-5-6-11(12)14-16/h10,13,16H,4-9H2,1-3H3,(H2,12,14). The number of nitrogens with two attached hydrogens (primary N) is 1. The normalized spacial score (nSPS) is 14.4. The molecule has 1 atom stereocenters. The second-order valence-corrected chi connectivity index (χ2v) is 4.18. The summed E-state index contributed by atoms with van der Waals surface area (Å²) in [6.07, 6.45) is 2.73. The Kier molecular flexibility index (Phi) is 8.94. The summed E-state index contributed by atoms with van der Waals surface area (Å²) in [5.41, 5.74) is 5.36. The summed E-state index contributed by atoms with van der Waals surface area (Å²) >= 11 is 0. The van der Waals surface area contributed by atoms with Crippen LogP contribution in [-0.2, 0) is 0 Å². The van der Waals surface area contributed by atoms with Crippen LogP contribution < -0.4 is 11.1 Å². The first kappa shape index (κ1) is 15.2. The molecular formula is C11H26N4O. The van der Waals surface area contributed by atoms with Crippen LogP contribution in [0.1, 0.15) is 33.1 Å². The van der Waals surface area contributed by atoms with Gasteiger partial charge in [0.25, 0.3) is 0 Å². The quantitative estimate of drug-likeness (QED) is 0.180. The first-order valence-corrected chi connectivity index (χ1v) is 5.99. The highest BCUT2D eigenvalue weighted by molar-refractivity contribution is 5.79. The maximum absolute atomic E-state index is 8.33. The van der Waals surface area contributed by atoms with E-state index in [4.69, 9.17) is 10.9 Å². The van der Waals surface area contributed by atoms with E-state index in [-0.39, 0.29) is 0 Å². The van der Waals surface area contributed by atoms with E-state index in [0.717, 1.165) is 26.1 Å². The molecule has 0 spiro atoms. The van der Waals surface area contributed by atoms with E-state index in [2.05, 4.69) is 36.3 Å². The SMILES string of the molecule is CCC(C)N(C)CCNCCCC(N)=NO. The second-order valence-electron chi connectivity index (χ2n) is 4.18. The Morgan fingerprint density at radius 1 is 1.50 bits per heavy atom. The van der Waals surface area contributed by atoms with Crippen LogP contribution in [0.3, 0.4) is 0 Å². The summed E-state index contributed by atoms with van der Waals surface area (Å²) in [6, 6.07) is 0.638. The highest BCUT2D eigenvalue weighted by Gasteiger charge is 2.04. The average molecular weight is 230 g/mol. The molecule has 0 aromatic heterocycles. The van der Waals surface area contributed by atoms with E-state index in [9.17, 15) is 0 Å². The molecule has 0 aliphatic carbocycles. The molecule has 0 amide bonds. The Bertz CT molecular complexity index is 196. The fourth-order valence-electron chi connectivity index (χ4n) is 1.36. The van der Waals surface area contributed by atoms with Gasteiger partial charge in [-0.25, -0.2) is 0 Å². The van der Waals surface area contributed by atoms with Crippen molar-refractivity contribution >= 4 is 5.84 Å².